The summed E-state index contributed by atoms with van der Waals surface area (Å²) in [5.41, 5.74) is 0.426. The van der Waals surface area contributed by atoms with Crippen LogP contribution in [0, 0.1) is 13.8 Å². The van der Waals surface area contributed by atoms with E-state index in [1.807, 2.05) is 41.5 Å². The Hall–Kier alpha value is -1.43. The summed E-state index contributed by atoms with van der Waals surface area (Å²) in [6.07, 6.45) is 0.229. The molecule has 0 radical (unpaired) electrons. The molecule has 5 nitrogen and oxygen atoms in total. The first kappa shape index (κ1) is 17.6. The number of hydrogen-bond donors (Lipinski definition) is 1. The molecule has 0 saturated heterocycles. The van der Waals surface area contributed by atoms with E-state index in [4.69, 9.17) is 4.74 Å². The second-order valence-corrected chi connectivity index (χ2v) is 7.29. The quantitative estimate of drug-likeness (QED) is 0.848. The van der Waals surface area contributed by atoms with E-state index in [0.29, 0.717) is 0 Å². The van der Waals surface area contributed by atoms with E-state index in [2.05, 4.69) is 10.3 Å². The van der Waals surface area contributed by atoms with E-state index >= 15 is 0 Å². The van der Waals surface area contributed by atoms with Crippen molar-refractivity contribution in [2.24, 2.45) is 0 Å². The molecule has 0 bridgehead atoms. The van der Waals surface area contributed by atoms with Gasteiger partial charge in [0.25, 0.3) is 0 Å². The monoisotopic (exact) mass is 312 g/mol. The highest BCUT2D eigenvalue weighted by Gasteiger charge is 2.19. The van der Waals surface area contributed by atoms with Crippen LogP contribution in [-0.2, 0) is 14.3 Å². The number of aromatic nitrogens is 1. The Kier molecular flexibility index (Phi) is 5.89. The Morgan fingerprint density at radius 3 is 2.38 bits per heavy atom. The summed E-state index contributed by atoms with van der Waals surface area (Å²) in [5.74, 6) is -0.506. The average Bonchev–Trinajstić information content (AvgIpc) is 2.63. The molecular weight excluding hydrogens is 288 g/mol. The first-order valence-electron chi connectivity index (χ1n) is 7.03. The van der Waals surface area contributed by atoms with Gasteiger partial charge in [-0.05, 0) is 41.5 Å². The van der Waals surface area contributed by atoms with E-state index in [9.17, 15) is 9.59 Å². The molecule has 0 aliphatic heterocycles. The first-order chi connectivity index (χ1) is 9.58. The summed E-state index contributed by atoms with van der Waals surface area (Å²) in [7, 11) is 0. The van der Waals surface area contributed by atoms with Crippen LogP contribution in [0.25, 0.3) is 0 Å². The topological polar surface area (TPSA) is 68.3 Å². The fraction of sp³-hybridized carbons (Fsp3) is 0.667. The van der Waals surface area contributed by atoms with Gasteiger partial charge >= 0.3 is 5.97 Å². The molecule has 1 atom stereocenters. The predicted molar refractivity (Wildman–Crippen MR) is 83.2 cm³/mol. The molecule has 118 valence electrons. The van der Waals surface area contributed by atoms with Crippen molar-refractivity contribution in [3.63, 3.8) is 0 Å². The van der Waals surface area contributed by atoms with Crippen molar-refractivity contribution in [2.75, 3.05) is 0 Å². The van der Waals surface area contributed by atoms with Crippen LogP contribution in [0.2, 0.25) is 0 Å². The zero-order chi connectivity index (χ0) is 16.2. The van der Waals surface area contributed by atoms with E-state index < -0.39 is 5.60 Å². The molecule has 0 spiro atoms. The van der Waals surface area contributed by atoms with E-state index in [1.54, 1.807) is 11.3 Å². The largest absolute Gasteiger partial charge is 0.460 e. The third kappa shape index (κ3) is 6.25. The van der Waals surface area contributed by atoms with E-state index in [-0.39, 0.29) is 30.8 Å². The van der Waals surface area contributed by atoms with Crippen molar-refractivity contribution in [3.05, 3.63) is 15.6 Å². The Bertz CT molecular complexity index is 517. The summed E-state index contributed by atoms with van der Waals surface area (Å²) in [6.45, 7) is 11.2. The zero-order valence-corrected chi connectivity index (χ0v) is 14.4. The molecule has 1 heterocycles. The summed E-state index contributed by atoms with van der Waals surface area (Å²) >= 11 is 1.58. The van der Waals surface area contributed by atoms with Crippen LogP contribution in [0.15, 0.2) is 0 Å². The normalized spacial score (nSPS) is 12.9. The number of carbonyl (C=O) groups is 2. The van der Waals surface area contributed by atoms with Gasteiger partial charge in [-0.25, -0.2) is 4.98 Å². The molecule has 0 saturated carbocycles. The van der Waals surface area contributed by atoms with Gasteiger partial charge in [-0.1, -0.05) is 0 Å². The van der Waals surface area contributed by atoms with Gasteiger partial charge in [0.15, 0.2) is 0 Å². The van der Waals surface area contributed by atoms with Crippen LogP contribution in [0.5, 0.6) is 0 Å². The van der Waals surface area contributed by atoms with Crippen molar-refractivity contribution >= 4 is 23.2 Å². The van der Waals surface area contributed by atoms with Gasteiger partial charge in [0.1, 0.15) is 5.60 Å². The molecule has 0 aliphatic carbocycles. The number of amides is 1. The summed E-state index contributed by atoms with van der Waals surface area (Å²) < 4.78 is 5.17. The van der Waals surface area contributed by atoms with Crippen LogP contribution in [0.1, 0.15) is 62.2 Å². The number of rotatable bonds is 5. The molecule has 21 heavy (non-hydrogen) atoms. The van der Waals surface area contributed by atoms with Gasteiger partial charge in [-0.15, -0.1) is 11.3 Å². The first-order valence-corrected chi connectivity index (χ1v) is 7.85. The molecule has 6 heteroatoms. The van der Waals surface area contributed by atoms with Crippen molar-refractivity contribution in [3.8, 4) is 0 Å². The predicted octanol–water partition coefficient (Wildman–Crippen LogP) is 3.06. The molecule has 0 fully saturated rings. The minimum Gasteiger partial charge on any atom is -0.460 e. The molecule has 1 amide bonds. The standard InChI is InChI=1S/C15H24N2O3S/c1-9-14(21-11(3)16-9)10(2)17-12(18)7-8-13(19)20-15(4,5)6/h10H,7-8H2,1-6H3,(H,17,18). The number of esters is 1. The molecule has 1 aromatic rings. The lowest BCUT2D eigenvalue weighted by Crippen LogP contribution is -2.28. The van der Waals surface area contributed by atoms with Gasteiger partial charge in [0.2, 0.25) is 5.91 Å². The molecular formula is C15H24N2O3S. The summed E-state index contributed by atoms with van der Waals surface area (Å²) in [5, 5.41) is 3.88. The minimum atomic E-state index is -0.516. The molecule has 1 N–H and O–H groups in total. The van der Waals surface area contributed by atoms with Crippen LogP contribution in [0.3, 0.4) is 0 Å². The lowest BCUT2D eigenvalue weighted by Gasteiger charge is -2.19. The lowest BCUT2D eigenvalue weighted by atomic mass is 10.2. The van der Waals surface area contributed by atoms with Gasteiger partial charge in [0, 0.05) is 11.3 Å². The maximum atomic E-state index is 11.9. The lowest BCUT2D eigenvalue weighted by molar-refractivity contribution is -0.155. The minimum absolute atomic E-state index is 0.0938. The third-order valence-electron chi connectivity index (χ3n) is 2.69. The Labute approximate surface area is 130 Å². The number of nitrogens with zero attached hydrogens (tertiary/aromatic N) is 1. The Balaban J connectivity index is 2.44. The molecule has 1 unspecified atom stereocenters. The maximum Gasteiger partial charge on any atom is 0.306 e. The van der Waals surface area contributed by atoms with E-state index in [1.165, 1.54) is 0 Å². The molecule has 0 aliphatic rings. The highest BCUT2D eigenvalue weighted by molar-refractivity contribution is 7.11. The van der Waals surface area contributed by atoms with Gasteiger partial charge < -0.3 is 10.1 Å². The van der Waals surface area contributed by atoms with Crippen molar-refractivity contribution in [1.29, 1.82) is 0 Å². The van der Waals surface area contributed by atoms with Crippen LogP contribution >= 0.6 is 11.3 Å². The molecule has 1 aromatic heterocycles. The van der Waals surface area contributed by atoms with Crippen LogP contribution < -0.4 is 5.32 Å². The number of hydrogen-bond acceptors (Lipinski definition) is 5. The van der Waals surface area contributed by atoms with Crippen LogP contribution in [0.4, 0.5) is 0 Å². The second-order valence-electron chi connectivity index (χ2n) is 6.06. The number of nitrogens with one attached hydrogen (secondary N) is 1. The zero-order valence-electron chi connectivity index (χ0n) is 13.6. The maximum absolute atomic E-state index is 11.9. The highest BCUT2D eigenvalue weighted by atomic mass is 32.1. The Morgan fingerprint density at radius 1 is 1.29 bits per heavy atom. The van der Waals surface area contributed by atoms with Gasteiger partial charge in [-0.3, -0.25) is 9.59 Å². The number of aryl methyl sites for hydroxylation is 2. The van der Waals surface area contributed by atoms with Crippen molar-refractivity contribution < 1.29 is 14.3 Å². The third-order valence-corrected chi connectivity index (χ3v) is 3.94. The Morgan fingerprint density at radius 2 is 1.90 bits per heavy atom. The fourth-order valence-electron chi connectivity index (χ4n) is 1.94. The van der Waals surface area contributed by atoms with Crippen LogP contribution in [-0.4, -0.2) is 22.5 Å². The van der Waals surface area contributed by atoms with E-state index in [0.717, 1.165) is 15.6 Å². The van der Waals surface area contributed by atoms with Gasteiger partial charge in [-0.2, -0.15) is 0 Å². The SMILES string of the molecule is Cc1nc(C)c(C(C)NC(=O)CCC(=O)OC(C)(C)C)s1. The average molecular weight is 312 g/mol. The summed E-state index contributed by atoms with van der Waals surface area (Å²) in [6, 6.07) is -0.0951. The van der Waals surface area contributed by atoms with Crippen molar-refractivity contribution in [1.82, 2.24) is 10.3 Å². The fourth-order valence-corrected chi connectivity index (χ4v) is 2.87. The van der Waals surface area contributed by atoms with Gasteiger partial charge in [0.05, 0.1) is 23.2 Å². The number of carbonyl (C=O) groups excluding carboxylic acids is 2. The van der Waals surface area contributed by atoms with Crippen molar-refractivity contribution in [2.45, 2.75) is 66.0 Å². The smallest absolute Gasteiger partial charge is 0.306 e. The highest BCUT2D eigenvalue weighted by Crippen LogP contribution is 2.24. The number of thiazole rings is 1. The second kappa shape index (κ2) is 7.02. The molecule has 1 rings (SSSR count). The summed E-state index contributed by atoms with van der Waals surface area (Å²) in [4.78, 5) is 28.8. The molecule has 0 aromatic carbocycles. The number of ether oxygens (including phenoxy) is 1.